The Balaban J connectivity index is 1.39. The summed E-state index contributed by atoms with van der Waals surface area (Å²) in [7, 11) is -1.26. The van der Waals surface area contributed by atoms with Crippen molar-refractivity contribution in [3.8, 4) is 22.6 Å². The molecule has 250 valence electrons. The number of allylic oxidation sites excluding steroid dienone is 1. The Morgan fingerprint density at radius 1 is 0.957 bits per heavy atom. The van der Waals surface area contributed by atoms with Crippen LogP contribution in [0.15, 0.2) is 84.0 Å². The van der Waals surface area contributed by atoms with Crippen LogP contribution in [0.5, 0.6) is 11.5 Å². The lowest BCUT2D eigenvalue weighted by atomic mass is 10.0. The van der Waals surface area contributed by atoms with Gasteiger partial charge < -0.3 is 18.8 Å². The van der Waals surface area contributed by atoms with Crippen LogP contribution in [0.4, 0.5) is 8.78 Å². The first-order valence-corrected chi connectivity index (χ1v) is 17.2. The number of aromatic nitrogens is 2. The van der Waals surface area contributed by atoms with Gasteiger partial charge in [0.15, 0.2) is 5.78 Å². The van der Waals surface area contributed by atoms with Crippen molar-refractivity contribution in [2.75, 3.05) is 19.8 Å². The van der Waals surface area contributed by atoms with Crippen molar-refractivity contribution in [1.29, 1.82) is 0 Å². The summed E-state index contributed by atoms with van der Waals surface area (Å²) in [5.74, 6) is 0.816. The Morgan fingerprint density at radius 2 is 1.70 bits per heavy atom. The molecule has 10 heteroatoms. The first kappa shape index (κ1) is 35.7. The van der Waals surface area contributed by atoms with Crippen molar-refractivity contribution in [2.45, 2.75) is 70.3 Å². The third-order valence-electron chi connectivity index (χ3n) is 7.45. The maximum Gasteiger partial charge on any atom is 0.387 e. The Hall–Kier alpha value is -4.15. The third kappa shape index (κ3) is 11.0. The smallest absolute Gasteiger partial charge is 0.387 e. The van der Waals surface area contributed by atoms with E-state index >= 15 is 0 Å². The molecule has 0 N–H and O–H groups in total. The molecule has 1 heterocycles. The van der Waals surface area contributed by atoms with Gasteiger partial charge in [0.1, 0.15) is 18.1 Å². The van der Waals surface area contributed by atoms with Crippen LogP contribution in [0.25, 0.3) is 17.2 Å². The van der Waals surface area contributed by atoms with Gasteiger partial charge >= 0.3 is 6.61 Å². The maximum atomic E-state index is 13.2. The van der Waals surface area contributed by atoms with E-state index in [1.54, 1.807) is 42.7 Å². The third-order valence-corrected chi connectivity index (χ3v) is 8.79. The molecular formula is C37H42F2N2O5S. The van der Waals surface area contributed by atoms with Crippen molar-refractivity contribution >= 4 is 22.7 Å². The zero-order valence-electron chi connectivity index (χ0n) is 27.1. The second-order valence-electron chi connectivity index (χ2n) is 11.1. The molecule has 7 nitrogen and oxygen atoms in total. The topological polar surface area (TPSA) is 79.7 Å². The van der Waals surface area contributed by atoms with Gasteiger partial charge in [0.2, 0.25) is 0 Å². The number of halogens is 2. The number of nitrogens with zero attached hydrogens (tertiary/aromatic N) is 2. The van der Waals surface area contributed by atoms with Gasteiger partial charge in [-0.1, -0.05) is 50.6 Å². The van der Waals surface area contributed by atoms with E-state index in [-0.39, 0.29) is 18.0 Å². The highest BCUT2D eigenvalue weighted by Gasteiger charge is 2.14. The summed E-state index contributed by atoms with van der Waals surface area (Å²) in [6.07, 6.45) is 7.80. The van der Waals surface area contributed by atoms with E-state index < -0.39 is 17.4 Å². The van der Waals surface area contributed by atoms with Crippen molar-refractivity contribution in [1.82, 2.24) is 9.55 Å². The summed E-state index contributed by atoms with van der Waals surface area (Å²) in [6.45, 7) is 5.61. The Kier molecular flexibility index (Phi) is 13.9. The number of benzene rings is 3. The first-order chi connectivity index (χ1) is 22.8. The van der Waals surface area contributed by atoms with Crippen molar-refractivity contribution in [2.24, 2.45) is 0 Å². The molecule has 0 spiro atoms. The number of aryl methyl sites for hydroxylation is 2. The molecule has 0 saturated carbocycles. The summed E-state index contributed by atoms with van der Waals surface area (Å²) in [5, 5.41) is 0. The second-order valence-corrected chi connectivity index (χ2v) is 12.5. The normalized spacial score (nSPS) is 12.1. The molecule has 0 amide bonds. The zero-order chi connectivity index (χ0) is 33.6. The van der Waals surface area contributed by atoms with Gasteiger partial charge in [-0.2, -0.15) is 8.78 Å². The van der Waals surface area contributed by atoms with Crippen molar-refractivity contribution in [3.05, 3.63) is 102 Å². The van der Waals surface area contributed by atoms with Crippen LogP contribution < -0.4 is 9.47 Å². The fraction of sp³-hybridized carbons (Fsp3) is 0.351. The van der Waals surface area contributed by atoms with Gasteiger partial charge in [0.25, 0.3) is 0 Å². The molecule has 0 radical (unpaired) electrons. The van der Waals surface area contributed by atoms with E-state index in [0.29, 0.717) is 35.2 Å². The standard InChI is InChI=1S/C37H42F2N2O5S/c1-4-6-20-44-21-22-45-33-14-10-29(11-15-33)30-12-18-36(46-37(38)39)31(24-30)9-13-32(42)23-28-7-16-34(17-8-28)47(43)25-35-27(3)40-26-41(35)19-5-2/h7-18,24,26,37H,4-6,19-23,25H2,1-3H3/b13-9+. The van der Waals surface area contributed by atoms with Gasteiger partial charge in [-0.05, 0) is 85.0 Å². The van der Waals surface area contributed by atoms with Gasteiger partial charge in [0.05, 0.1) is 40.9 Å². The summed E-state index contributed by atoms with van der Waals surface area (Å²) < 4.78 is 57.4. The molecule has 1 unspecified atom stereocenters. The fourth-order valence-corrected chi connectivity index (χ4v) is 6.14. The highest BCUT2D eigenvalue weighted by atomic mass is 32.2. The van der Waals surface area contributed by atoms with E-state index in [2.05, 4.69) is 18.8 Å². The number of ketones is 1. The number of hydrogen-bond donors (Lipinski definition) is 0. The molecule has 1 aromatic heterocycles. The monoisotopic (exact) mass is 664 g/mol. The van der Waals surface area contributed by atoms with E-state index in [9.17, 15) is 17.8 Å². The van der Waals surface area contributed by atoms with Gasteiger partial charge in [0, 0.05) is 30.0 Å². The van der Waals surface area contributed by atoms with Gasteiger partial charge in [-0.15, -0.1) is 0 Å². The van der Waals surface area contributed by atoms with Crippen molar-refractivity contribution < 1.29 is 32.0 Å². The van der Waals surface area contributed by atoms with Crippen LogP contribution in [-0.4, -0.2) is 46.0 Å². The summed E-state index contributed by atoms with van der Waals surface area (Å²) >= 11 is 0. The quantitative estimate of drug-likeness (QED) is 0.0743. The number of rotatable bonds is 19. The van der Waals surface area contributed by atoms with Crippen molar-refractivity contribution in [3.63, 3.8) is 0 Å². The molecule has 3 aromatic carbocycles. The molecule has 47 heavy (non-hydrogen) atoms. The van der Waals surface area contributed by atoms with Gasteiger partial charge in [-0.25, -0.2) is 4.98 Å². The molecular weight excluding hydrogens is 622 g/mol. The number of imidazole rings is 1. The summed E-state index contributed by atoms with van der Waals surface area (Å²) in [6, 6.07) is 19.4. The van der Waals surface area contributed by atoms with Gasteiger partial charge in [-0.3, -0.25) is 9.00 Å². The minimum absolute atomic E-state index is 0.0295. The second kappa shape index (κ2) is 18.3. The first-order valence-electron chi connectivity index (χ1n) is 15.9. The Bertz CT molecular complexity index is 1640. The lowest BCUT2D eigenvalue weighted by molar-refractivity contribution is -0.113. The van der Waals surface area contributed by atoms with Crippen LogP contribution in [0.3, 0.4) is 0 Å². The van der Waals surface area contributed by atoms with Crippen LogP contribution >= 0.6 is 0 Å². The van der Waals surface area contributed by atoms with Crippen LogP contribution in [0, 0.1) is 6.92 Å². The summed E-state index contributed by atoms with van der Waals surface area (Å²) in [5.41, 5.74) is 4.55. The maximum absolute atomic E-state index is 13.2. The number of unbranched alkanes of at least 4 members (excludes halogenated alkanes) is 1. The minimum atomic E-state index is -3.01. The SMILES string of the molecule is CCCCOCCOc1ccc(-c2ccc(OC(F)F)c(/C=C/C(=O)Cc3ccc(S(=O)Cc4c(C)ncn4CCC)cc3)c2)cc1. The highest BCUT2D eigenvalue weighted by molar-refractivity contribution is 7.84. The predicted octanol–water partition coefficient (Wildman–Crippen LogP) is 8.20. The number of carbonyl (C=O) groups excluding carboxylic acids is 1. The van der Waals surface area contributed by atoms with Crippen LogP contribution in [0.2, 0.25) is 0 Å². The number of alkyl halides is 2. The molecule has 0 bridgehead atoms. The fourth-order valence-electron chi connectivity index (χ4n) is 4.91. The minimum Gasteiger partial charge on any atom is -0.491 e. The molecule has 0 fully saturated rings. The molecule has 1 atom stereocenters. The molecule has 0 aliphatic carbocycles. The lowest BCUT2D eigenvalue weighted by Crippen LogP contribution is -2.07. The molecule has 4 rings (SSSR count). The molecule has 0 saturated heterocycles. The number of carbonyl (C=O) groups is 1. The van der Waals surface area contributed by atoms with Crippen LogP contribution in [0.1, 0.15) is 55.6 Å². The molecule has 0 aliphatic heterocycles. The highest BCUT2D eigenvalue weighted by Crippen LogP contribution is 2.30. The van der Waals surface area contributed by atoms with E-state index in [4.69, 9.17) is 14.2 Å². The average molecular weight is 665 g/mol. The molecule has 0 aliphatic rings. The summed E-state index contributed by atoms with van der Waals surface area (Å²) in [4.78, 5) is 17.9. The largest absolute Gasteiger partial charge is 0.491 e. The Morgan fingerprint density at radius 3 is 2.40 bits per heavy atom. The lowest BCUT2D eigenvalue weighted by Gasteiger charge is -2.11. The number of hydrogen-bond acceptors (Lipinski definition) is 6. The average Bonchev–Trinajstić information content (AvgIpc) is 3.40. The Labute approximate surface area is 278 Å². The molecule has 4 aromatic rings. The zero-order valence-corrected chi connectivity index (χ0v) is 27.9. The van der Waals surface area contributed by atoms with E-state index in [1.807, 2.05) is 35.8 Å². The van der Waals surface area contributed by atoms with E-state index in [1.165, 1.54) is 18.2 Å². The number of ether oxygens (including phenoxy) is 3. The van der Waals surface area contributed by atoms with Crippen LogP contribution in [-0.2, 0) is 39.0 Å². The predicted molar refractivity (Wildman–Crippen MR) is 181 cm³/mol. The van der Waals surface area contributed by atoms with E-state index in [0.717, 1.165) is 60.5 Å².